The Morgan fingerprint density at radius 2 is 1.82 bits per heavy atom. The van der Waals surface area contributed by atoms with Crippen LogP contribution in [0.1, 0.15) is 62.0 Å². The number of rotatable bonds is 5. The van der Waals surface area contributed by atoms with Crippen LogP contribution in [0, 0.1) is 5.92 Å². The van der Waals surface area contributed by atoms with Crippen LogP contribution in [0.5, 0.6) is 0 Å². The molecule has 0 N–H and O–H groups in total. The van der Waals surface area contributed by atoms with Gasteiger partial charge in [-0.1, -0.05) is 56.9 Å². The highest BCUT2D eigenvalue weighted by Gasteiger charge is 2.17. The van der Waals surface area contributed by atoms with Gasteiger partial charge >= 0.3 is 0 Å². The molecule has 1 heteroatoms. The normalized spacial score (nSPS) is 18.5. The van der Waals surface area contributed by atoms with Crippen molar-refractivity contribution in [2.45, 2.75) is 57.2 Å². The molecule has 0 aliphatic heterocycles. The lowest BCUT2D eigenvalue weighted by molar-refractivity contribution is 0.480. The van der Waals surface area contributed by atoms with Crippen LogP contribution in [0.3, 0.4) is 0 Å². The summed E-state index contributed by atoms with van der Waals surface area (Å²) in [7, 11) is 0. The molecule has 0 heterocycles. The minimum Gasteiger partial charge on any atom is -0.118 e. The molecule has 1 aromatic carbocycles. The summed E-state index contributed by atoms with van der Waals surface area (Å²) in [6.45, 7) is 2.19. The van der Waals surface area contributed by atoms with E-state index in [4.69, 9.17) is 11.6 Å². The van der Waals surface area contributed by atoms with Crippen molar-refractivity contribution in [1.29, 1.82) is 0 Å². The SMILES string of the molecule is CCc1ccc(C(Cl)CCC2CCCC2)cc1. The summed E-state index contributed by atoms with van der Waals surface area (Å²) in [4.78, 5) is 0. The van der Waals surface area contributed by atoms with E-state index in [0.717, 1.165) is 18.8 Å². The van der Waals surface area contributed by atoms with Crippen molar-refractivity contribution in [2.75, 3.05) is 0 Å². The molecular formula is C16H23Cl. The molecule has 1 aliphatic carbocycles. The Labute approximate surface area is 110 Å². The van der Waals surface area contributed by atoms with Crippen molar-refractivity contribution in [3.63, 3.8) is 0 Å². The molecular weight excluding hydrogens is 228 g/mol. The molecule has 0 saturated heterocycles. The average Bonchev–Trinajstić information content (AvgIpc) is 2.89. The van der Waals surface area contributed by atoms with Crippen LogP contribution in [0.15, 0.2) is 24.3 Å². The van der Waals surface area contributed by atoms with Gasteiger partial charge in [0.1, 0.15) is 0 Å². The van der Waals surface area contributed by atoms with E-state index in [2.05, 4.69) is 31.2 Å². The fraction of sp³-hybridized carbons (Fsp3) is 0.625. The maximum atomic E-state index is 6.48. The summed E-state index contributed by atoms with van der Waals surface area (Å²) in [6, 6.07) is 8.82. The van der Waals surface area contributed by atoms with E-state index >= 15 is 0 Å². The highest BCUT2D eigenvalue weighted by Crippen LogP contribution is 2.33. The first-order valence-corrected chi connectivity index (χ1v) is 7.46. The lowest BCUT2D eigenvalue weighted by Gasteiger charge is -2.13. The van der Waals surface area contributed by atoms with Crippen LogP contribution in [0.2, 0.25) is 0 Å². The van der Waals surface area contributed by atoms with E-state index in [0.29, 0.717) is 0 Å². The fourth-order valence-electron chi connectivity index (χ4n) is 2.81. The van der Waals surface area contributed by atoms with Gasteiger partial charge in [0.25, 0.3) is 0 Å². The summed E-state index contributed by atoms with van der Waals surface area (Å²) < 4.78 is 0. The van der Waals surface area contributed by atoms with Gasteiger partial charge in [0.2, 0.25) is 0 Å². The first-order chi connectivity index (χ1) is 8.29. The second kappa shape index (κ2) is 6.44. The van der Waals surface area contributed by atoms with Gasteiger partial charge in [-0.3, -0.25) is 0 Å². The van der Waals surface area contributed by atoms with Crippen molar-refractivity contribution in [2.24, 2.45) is 5.92 Å². The fourth-order valence-corrected chi connectivity index (χ4v) is 3.08. The molecule has 1 fully saturated rings. The van der Waals surface area contributed by atoms with Crippen LogP contribution in [0.4, 0.5) is 0 Å². The van der Waals surface area contributed by atoms with Crippen molar-refractivity contribution < 1.29 is 0 Å². The number of halogens is 1. The molecule has 1 aliphatic rings. The van der Waals surface area contributed by atoms with Crippen LogP contribution >= 0.6 is 11.6 Å². The third-order valence-electron chi connectivity index (χ3n) is 4.05. The van der Waals surface area contributed by atoms with Gasteiger partial charge < -0.3 is 0 Å². The topological polar surface area (TPSA) is 0 Å². The van der Waals surface area contributed by atoms with Crippen molar-refractivity contribution in [3.05, 3.63) is 35.4 Å². The predicted molar refractivity (Wildman–Crippen MR) is 75.6 cm³/mol. The summed E-state index contributed by atoms with van der Waals surface area (Å²) >= 11 is 6.48. The number of alkyl halides is 1. The predicted octanol–water partition coefficient (Wildman–Crippen LogP) is 5.50. The number of aryl methyl sites for hydroxylation is 1. The van der Waals surface area contributed by atoms with E-state index in [1.54, 1.807) is 0 Å². The monoisotopic (exact) mass is 250 g/mol. The zero-order valence-electron chi connectivity index (χ0n) is 10.8. The maximum absolute atomic E-state index is 6.48. The minimum absolute atomic E-state index is 0.210. The molecule has 1 aromatic rings. The van der Waals surface area contributed by atoms with Crippen molar-refractivity contribution >= 4 is 11.6 Å². The van der Waals surface area contributed by atoms with E-state index in [1.165, 1.54) is 43.2 Å². The molecule has 94 valence electrons. The van der Waals surface area contributed by atoms with Crippen molar-refractivity contribution in [1.82, 2.24) is 0 Å². The molecule has 1 saturated carbocycles. The van der Waals surface area contributed by atoms with E-state index in [9.17, 15) is 0 Å². The largest absolute Gasteiger partial charge is 0.118 e. The molecule has 2 rings (SSSR count). The van der Waals surface area contributed by atoms with Crippen LogP contribution in [-0.2, 0) is 6.42 Å². The van der Waals surface area contributed by atoms with Crippen LogP contribution < -0.4 is 0 Å². The van der Waals surface area contributed by atoms with Crippen LogP contribution in [-0.4, -0.2) is 0 Å². The Kier molecular flexibility index (Phi) is 4.91. The van der Waals surface area contributed by atoms with Crippen molar-refractivity contribution in [3.8, 4) is 0 Å². The number of hydrogen-bond acceptors (Lipinski definition) is 0. The zero-order chi connectivity index (χ0) is 12.1. The van der Waals surface area contributed by atoms with Crippen LogP contribution in [0.25, 0.3) is 0 Å². The van der Waals surface area contributed by atoms with E-state index < -0.39 is 0 Å². The Morgan fingerprint density at radius 1 is 1.18 bits per heavy atom. The Bertz CT molecular complexity index is 322. The molecule has 0 spiro atoms. The molecule has 0 bridgehead atoms. The van der Waals surface area contributed by atoms with Gasteiger partial charge in [0, 0.05) is 0 Å². The van der Waals surface area contributed by atoms with Gasteiger partial charge in [-0.05, 0) is 36.3 Å². The minimum atomic E-state index is 0.210. The van der Waals surface area contributed by atoms with Gasteiger partial charge in [0.05, 0.1) is 5.38 Å². The summed E-state index contributed by atoms with van der Waals surface area (Å²) in [5.41, 5.74) is 2.69. The molecule has 1 unspecified atom stereocenters. The summed E-state index contributed by atoms with van der Waals surface area (Å²) in [5.74, 6) is 0.950. The molecule has 1 atom stereocenters. The van der Waals surface area contributed by atoms with Gasteiger partial charge in [0.15, 0.2) is 0 Å². The molecule has 0 nitrogen and oxygen atoms in total. The number of benzene rings is 1. The van der Waals surface area contributed by atoms with Gasteiger partial charge in [-0.25, -0.2) is 0 Å². The Balaban J connectivity index is 1.83. The molecule has 0 radical (unpaired) electrons. The van der Waals surface area contributed by atoms with E-state index in [-0.39, 0.29) is 5.38 Å². The lowest BCUT2D eigenvalue weighted by Crippen LogP contribution is -1.97. The lowest BCUT2D eigenvalue weighted by atomic mass is 9.97. The second-order valence-electron chi connectivity index (χ2n) is 5.29. The highest BCUT2D eigenvalue weighted by molar-refractivity contribution is 6.20. The number of hydrogen-bond donors (Lipinski definition) is 0. The van der Waals surface area contributed by atoms with E-state index in [1.807, 2.05) is 0 Å². The zero-order valence-corrected chi connectivity index (χ0v) is 11.5. The first kappa shape index (κ1) is 13.0. The molecule has 0 amide bonds. The Morgan fingerprint density at radius 3 is 2.41 bits per heavy atom. The Hall–Kier alpha value is -0.490. The highest BCUT2D eigenvalue weighted by atomic mass is 35.5. The summed E-state index contributed by atoms with van der Waals surface area (Å²) in [5, 5.41) is 0.210. The quantitative estimate of drug-likeness (QED) is 0.606. The van der Waals surface area contributed by atoms with Gasteiger partial charge in [-0.15, -0.1) is 11.6 Å². The molecule has 17 heavy (non-hydrogen) atoms. The smallest absolute Gasteiger partial charge is 0.0585 e. The third kappa shape index (κ3) is 3.74. The third-order valence-corrected chi connectivity index (χ3v) is 4.52. The maximum Gasteiger partial charge on any atom is 0.0585 e. The molecule has 0 aromatic heterocycles. The summed E-state index contributed by atoms with van der Waals surface area (Å²) in [6.07, 6.45) is 9.28. The second-order valence-corrected chi connectivity index (χ2v) is 5.82. The average molecular weight is 251 g/mol. The standard InChI is InChI=1S/C16H23Cl/c1-2-13-7-10-15(11-8-13)16(17)12-9-14-5-3-4-6-14/h7-8,10-11,14,16H,2-6,9,12H2,1H3. The first-order valence-electron chi connectivity index (χ1n) is 7.02. The van der Waals surface area contributed by atoms with Gasteiger partial charge in [-0.2, -0.15) is 0 Å².